The largest absolute Gasteiger partial charge is 0.391 e. The van der Waals surface area contributed by atoms with Gasteiger partial charge in [-0.15, -0.1) is 0 Å². The number of piperidine rings is 1. The Bertz CT molecular complexity index is 770. The number of pyridine rings is 1. The normalized spacial score (nSPS) is 22.9. The maximum absolute atomic E-state index is 10.1. The van der Waals surface area contributed by atoms with Crippen LogP contribution >= 0.6 is 0 Å². The number of β-amino-alcohol motifs (C(OH)–C–C–N with tert-alkyl or cyclic N) is 1. The number of piperazine rings is 1. The van der Waals surface area contributed by atoms with E-state index in [-0.39, 0.29) is 6.10 Å². The van der Waals surface area contributed by atoms with E-state index in [0.29, 0.717) is 6.54 Å². The van der Waals surface area contributed by atoms with Gasteiger partial charge in [0.15, 0.2) is 0 Å². The number of aliphatic hydroxyl groups excluding tert-OH is 1. The van der Waals surface area contributed by atoms with Crippen molar-refractivity contribution in [3.05, 3.63) is 35.4 Å². The first-order valence-electron chi connectivity index (χ1n) is 9.83. The topological polar surface area (TPSA) is 42.8 Å². The quantitative estimate of drug-likeness (QED) is 0.916. The summed E-state index contributed by atoms with van der Waals surface area (Å²) in [6.45, 7) is 9.20. The van der Waals surface area contributed by atoms with E-state index in [9.17, 15) is 5.11 Å². The van der Waals surface area contributed by atoms with Crippen molar-refractivity contribution in [1.82, 2.24) is 14.8 Å². The standard InChI is InChI=1S/C21H30N4O/c1-16-5-6-20-17(12-16)13-18(14-24-10-8-23(2)9-11-24)21(22-20)25-7-3-4-19(26)15-25/h5-6,12-13,19,26H,3-4,7-11,14-15H2,1-2H3/t19-/m1/s1. The van der Waals surface area contributed by atoms with Gasteiger partial charge in [-0.1, -0.05) is 11.6 Å². The Labute approximate surface area is 156 Å². The zero-order chi connectivity index (χ0) is 18.1. The van der Waals surface area contributed by atoms with Crippen LogP contribution in [0.2, 0.25) is 0 Å². The zero-order valence-electron chi connectivity index (χ0n) is 16.0. The van der Waals surface area contributed by atoms with E-state index in [1.165, 1.54) is 16.5 Å². The third-order valence-corrected chi connectivity index (χ3v) is 5.71. The molecule has 140 valence electrons. The lowest BCUT2D eigenvalue weighted by molar-refractivity contribution is 0.146. The van der Waals surface area contributed by atoms with Crippen molar-refractivity contribution in [1.29, 1.82) is 0 Å². The summed E-state index contributed by atoms with van der Waals surface area (Å²) in [4.78, 5) is 12.2. The fourth-order valence-electron chi connectivity index (χ4n) is 4.11. The van der Waals surface area contributed by atoms with Crippen molar-refractivity contribution in [3.8, 4) is 0 Å². The Hall–Kier alpha value is -1.69. The minimum atomic E-state index is -0.240. The number of likely N-dealkylation sites (N-methyl/N-ethyl adjacent to an activating group) is 1. The van der Waals surface area contributed by atoms with Crippen LogP contribution in [0.1, 0.15) is 24.0 Å². The van der Waals surface area contributed by atoms with Gasteiger partial charge in [-0.3, -0.25) is 4.90 Å². The molecule has 3 heterocycles. The summed E-state index contributed by atoms with van der Waals surface area (Å²) >= 11 is 0. The molecule has 1 aromatic carbocycles. The number of benzene rings is 1. The van der Waals surface area contributed by atoms with E-state index < -0.39 is 0 Å². The predicted molar refractivity (Wildman–Crippen MR) is 107 cm³/mol. The van der Waals surface area contributed by atoms with Gasteiger partial charge in [0, 0.05) is 56.8 Å². The average Bonchev–Trinajstić information content (AvgIpc) is 2.63. The fraction of sp³-hybridized carbons (Fsp3) is 0.571. The maximum atomic E-state index is 10.1. The van der Waals surface area contributed by atoms with Gasteiger partial charge in [0.05, 0.1) is 11.6 Å². The van der Waals surface area contributed by atoms with Gasteiger partial charge in [0.2, 0.25) is 0 Å². The Morgan fingerprint density at radius 3 is 2.69 bits per heavy atom. The van der Waals surface area contributed by atoms with E-state index >= 15 is 0 Å². The molecule has 0 amide bonds. The van der Waals surface area contributed by atoms with E-state index in [1.54, 1.807) is 0 Å². The first kappa shape index (κ1) is 17.7. The second-order valence-corrected chi connectivity index (χ2v) is 7.99. The lowest BCUT2D eigenvalue weighted by atomic mass is 10.0. The van der Waals surface area contributed by atoms with Crippen molar-refractivity contribution in [3.63, 3.8) is 0 Å². The second-order valence-electron chi connectivity index (χ2n) is 7.99. The summed E-state index contributed by atoms with van der Waals surface area (Å²) in [6, 6.07) is 8.80. The average molecular weight is 354 g/mol. The van der Waals surface area contributed by atoms with E-state index in [4.69, 9.17) is 4.98 Å². The second kappa shape index (κ2) is 7.51. The SMILES string of the molecule is Cc1ccc2nc(N3CCC[C@@H](O)C3)c(CN3CCN(C)CC3)cc2c1. The number of hydrogen-bond acceptors (Lipinski definition) is 5. The smallest absolute Gasteiger partial charge is 0.133 e. The van der Waals surface area contributed by atoms with E-state index in [0.717, 1.165) is 63.4 Å². The number of hydrogen-bond donors (Lipinski definition) is 1. The summed E-state index contributed by atoms with van der Waals surface area (Å²) < 4.78 is 0. The highest BCUT2D eigenvalue weighted by Crippen LogP contribution is 2.28. The van der Waals surface area contributed by atoms with Crippen LogP contribution in [0.5, 0.6) is 0 Å². The Morgan fingerprint density at radius 2 is 1.92 bits per heavy atom. The molecule has 5 nitrogen and oxygen atoms in total. The van der Waals surface area contributed by atoms with Crippen LogP contribution in [-0.2, 0) is 6.54 Å². The fourth-order valence-corrected chi connectivity index (χ4v) is 4.11. The Morgan fingerprint density at radius 1 is 1.12 bits per heavy atom. The first-order valence-corrected chi connectivity index (χ1v) is 9.83. The molecule has 2 saturated heterocycles. The minimum absolute atomic E-state index is 0.240. The van der Waals surface area contributed by atoms with E-state index in [1.807, 2.05) is 0 Å². The van der Waals surface area contributed by atoms with Crippen LogP contribution in [0.3, 0.4) is 0 Å². The number of anilines is 1. The number of aryl methyl sites for hydroxylation is 1. The van der Waals surface area contributed by atoms with Gasteiger partial charge >= 0.3 is 0 Å². The van der Waals surface area contributed by atoms with Crippen LogP contribution in [0.4, 0.5) is 5.82 Å². The molecule has 2 aliphatic rings. The van der Waals surface area contributed by atoms with Crippen LogP contribution in [0.15, 0.2) is 24.3 Å². The molecule has 0 radical (unpaired) electrons. The molecular formula is C21H30N4O. The van der Waals surface area contributed by atoms with Gasteiger partial charge in [-0.05, 0) is 45.0 Å². The van der Waals surface area contributed by atoms with Gasteiger partial charge in [-0.25, -0.2) is 4.98 Å². The Balaban J connectivity index is 1.68. The van der Waals surface area contributed by atoms with Crippen molar-refractivity contribution in [2.75, 3.05) is 51.2 Å². The van der Waals surface area contributed by atoms with Crippen LogP contribution in [0.25, 0.3) is 10.9 Å². The van der Waals surface area contributed by atoms with Crippen LogP contribution in [0, 0.1) is 6.92 Å². The number of nitrogens with zero attached hydrogens (tertiary/aromatic N) is 4. The molecule has 1 atom stereocenters. The number of aromatic nitrogens is 1. The predicted octanol–water partition coefficient (Wildman–Crippen LogP) is 2.25. The molecule has 1 N–H and O–H groups in total. The molecular weight excluding hydrogens is 324 g/mol. The molecule has 2 aromatic rings. The minimum Gasteiger partial charge on any atom is -0.391 e. The number of fused-ring (bicyclic) bond motifs is 1. The molecule has 5 heteroatoms. The van der Waals surface area contributed by atoms with Gasteiger partial charge in [0.25, 0.3) is 0 Å². The molecule has 2 aliphatic heterocycles. The molecule has 1 aromatic heterocycles. The highest BCUT2D eigenvalue weighted by atomic mass is 16.3. The molecule has 0 aliphatic carbocycles. The van der Waals surface area contributed by atoms with Crippen LogP contribution < -0.4 is 4.90 Å². The molecule has 4 rings (SSSR count). The highest BCUT2D eigenvalue weighted by Gasteiger charge is 2.23. The number of aliphatic hydroxyl groups is 1. The molecule has 2 fully saturated rings. The lowest BCUT2D eigenvalue weighted by Crippen LogP contribution is -2.44. The summed E-state index contributed by atoms with van der Waals surface area (Å²) in [6.07, 6.45) is 1.69. The van der Waals surface area contributed by atoms with Crippen molar-refractivity contribution in [2.24, 2.45) is 0 Å². The zero-order valence-corrected chi connectivity index (χ0v) is 16.0. The van der Waals surface area contributed by atoms with Gasteiger partial charge in [0.1, 0.15) is 5.82 Å². The van der Waals surface area contributed by atoms with Crippen LogP contribution in [-0.4, -0.2) is 72.3 Å². The lowest BCUT2D eigenvalue weighted by Gasteiger charge is -2.35. The summed E-state index contributed by atoms with van der Waals surface area (Å²) in [7, 11) is 2.19. The van der Waals surface area contributed by atoms with Crippen molar-refractivity contribution in [2.45, 2.75) is 32.4 Å². The third kappa shape index (κ3) is 3.85. The summed E-state index contributed by atoms with van der Waals surface area (Å²) in [5.41, 5.74) is 3.61. The molecule has 0 bridgehead atoms. The molecule has 26 heavy (non-hydrogen) atoms. The summed E-state index contributed by atoms with van der Waals surface area (Å²) in [5.74, 6) is 1.07. The van der Waals surface area contributed by atoms with Gasteiger partial charge < -0.3 is 14.9 Å². The first-order chi connectivity index (χ1) is 12.6. The molecule has 0 spiro atoms. The molecule has 0 unspecified atom stereocenters. The van der Waals surface area contributed by atoms with E-state index in [2.05, 4.69) is 52.9 Å². The molecule has 0 saturated carbocycles. The van der Waals surface area contributed by atoms with Gasteiger partial charge in [-0.2, -0.15) is 0 Å². The summed E-state index contributed by atoms with van der Waals surface area (Å²) in [5, 5.41) is 11.4. The van der Waals surface area contributed by atoms with Crippen molar-refractivity contribution < 1.29 is 5.11 Å². The maximum Gasteiger partial charge on any atom is 0.133 e. The Kier molecular flexibility index (Phi) is 5.11. The van der Waals surface area contributed by atoms with Crippen molar-refractivity contribution >= 4 is 16.7 Å². The number of rotatable bonds is 3. The highest BCUT2D eigenvalue weighted by molar-refractivity contribution is 5.82. The third-order valence-electron chi connectivity index (χ3n) is 5.71. The monoisotopic (exact) mass is 354 g/mol.